The molecule has 2 amide bonds. The van der Waals surface area contributed by atoms with E-state index in [4.69, 9.17) is 4.52 Å². The number of aromatic nitrogens is 2. The Morgan fingerprint density at radius 2 is 1.78 bits per heavy atom. The second-order valence-electron chi connectivity index (χ2n) is 6.09. The van der Waals surface area contributed by atoms with Gasteiger partial charge in [0, 0.05) is 12.6 Å². The normalized spacial score (nSPS) is 10.4. The Balaban J connectivity index is 1.68. The van der Waals surface area contributed by atoms with E-state index in [-0.39, 0.29) is 24.2 Å². The third-order valence-electron chi connectivity index (χ3n) is 4.08. The van der Waals surface area contributed by atoms with Crippen LogP contribution < -0.4 is 10.6 Å². The summed E-state index contributed by atoms with van der Waals surface area (Å²) in [5.41, 5.74) is 3.84. The average Bonchev–Trinajstić information content (AvgIpc) is 3.17. The molecule has 0 atom stereocenters. The largest absolute Gasteiger partial charge is 0.352 e. The van der Waals surface area contributed by atoms with Crippen LogP contribution in [0.15, 0.2) is 53.1 Å². The second kappa shape index (κ2) is 8.27. The van der Waals surface area contributed by atoms with Crippen molar-refractivity contribution in [1.82, 2.24) is 20.8 Å². The lowest BCUT2D eigenvalue weighted by Gasteiger charge is -2.09. The highest BCUT2D eigenvalue weighted by Crippen LogP contribution is 2.15. The van der Waals surface area contributed by atoms with Gasteiger partial charge in [0.2, 0.25) is 5.89 Å². The standard InChI is InChI=1S/C20H20N4O3/c1-13-7-9-14(10-8-13)11-15-5-3-4-6-16(15)19(25)22-12-17-23-18(24-27-17)20(26)21-2/h3-10H,11-12H2,1-2H3,(H,21,26)(H,22,25). The summed E-state index contributed by atoms with van der Waals surface area (Å²) >= 11 is 0. The van der Waals surface area contributed by atoms with Gasteiger partial charge in [0.1, 0.15) is 0 Å². The minimum Gasteiger partial charge on any atom is -0.352 e. The van der Waals surface area contributed by atoms with Crippen molar-refractivity contribution in [1.29, 1.82) is 0 Å². The van der Waals surface area contributed by atoms with Crippen molar-refractivity contribution in [3.8, 4) is 0 Å². The second-order valence-corrected chi connectivity index (χ2v) is 6.09. The molecule has 0 fully saturated rings. The predicted molar refractivity (Wildman–Crippen MR) is 99.3 cm³/mol. The number of carbonyl (C=O) groups is 2. The maximum Gasteiger partial charge on any atom is 0.292 e. The van der Waals surface area contributed by atoms with Crippen molar-refractivity contribution in [2.45, 2.75) is 19.9 Å². The summed E-state index contributed by atoms with van der Waals surface area (Å²) in [6.45, 7) is 2.08. The molecule has 1 heterocycles. The highest BCUT2D eigenvalue weighted by Gasteiger charge is 2.15. The van der Waals surface area contributed by atoms with Crippen molar-refractivity contribution in [3.63, 3.8) is 0 Å². The first-order valence-electron chi connectivity index (χ1n) is 8.53. The van der Waals surface area contributed by atoms with E-state index in [1.54, 1.807) is 6.07 Å². The molecule has 7 heteroatoms. The van der Waals surface area contributed by atoms with E-state index in [9.17, 15) is 9.59 Å². The number of hydrogen-bond acceptors (Lipinski definition) is 5. The van der Waals surface area contributed by atoms with Crippen molar-refractivity contribution < 1.29 is 14.1 Å². The average molecular weight is 364 g/mol. The molecule has 0 bridgehead atoms. The number of hydrogen-bond donors (Lipinski definition) is 2. The Morgan fingerprint density at radius 1 is 1.04 bits per heavy atom. The van der Waals surface area contributed by atoms with Crippen molar-refractivity contribution in [2.24, 2.45) is 0 Å². The number of rotatable bonds is 6. The number of nitrogens with zero attached hydrogens (tertiary/aromatic N) is 2. The van der Waals surface area contributed by atoms with Crippen LogP contribution in [-0.4, -0.2) is 29.0 Å². The highest BCUT2D eigenvalue weighted by atomic mass is 16.5. The van der Waals surface area contributed by atoms with Gasteiger partial charge in [0.05, 0.1) is 6.54 Å². The van der Waals surface area contributed by atoms with Gasteiger partial charge in [-0.2, -0.15) is 4.98 Å². The number of aryl methyl sites for hydroxylation is 1. The molecule has 0 unspecified atom stereocenters. The van der Waals surface area contributed by atoms with E-state index < -0.39 is 5.91 Å². The lowest BCUT2D eigenvalue weighted by atomic mass is 9.98. The van der Waals surface area contributed by atoms with E-state index in [0.717, 1.165) is 11.1 Å². The van der Waals surface area contributed by atoms with Crippen LogP contribution >= 0.6 is 0 Å². The third-order valence-corrected chi connectivity index (χ3v) is 4.08. The third kappa shape index (κ3) is 4.58. The van der Waals surface area contributed by atoms with Gasteiger partial charge in [-0.25, -0.2) is 0 Å². The summed E-state index contributed by atoms with van der Waals surface area (Å²) in [6, 6.07) is 15.7. The van der Waals surface area contributed by atoms with Crippen LogP contribution in [0.25, 0.3) is 0 Å². The van der Waals surface area contributed by atoms with Gasteiger partial charge < -0.3 is 15.2 Å². The van der Waals surface area contributed by atoms with E-state index in [1.165, 1.54) is 12.6 Å². The van der Waals surface area contributed by atoms with E-state index in [2.05, 4.69) is 45.0 Å². The van der Waals surface area contributed by atoms with Crippen LogP contribution in [0, 0.1) is 6.92 Å². The number of benzene rings is 2. The molecule has 0 saturated carbocycles. The summed E-state index contributed by atoms with van der Waals surface area (Å²) in [4.78, 5) is 28.0. The van der Waals surface area contributed by atoms with Crippen LogP contribution in [0.3, 0.4) is 0 Å². The first kappa shape index (κ1) is 18.3. The molecule has 2 aromatic carbocycles. The molecular weight excluding hydrogens is 344 g/mol. The fraction of sp³-hybridized carbons (Fsp3) is 0.200. The van der Waals surface area contributed by atoms with E-state index in [0.29, 0.717) is 12.0 Å². The Kier molecular flexibility index (Phi) is 5.61. The van der Waals surface area contributed by atoms with Crippen molar-refractivity contribution >= 4 is 11.8 Å². The summed E-state index contributed by atoms with van der Waals surface area (Å²) in [6.07, 6.45) is 0.658. The van der Waals surface area contributed by atoms with Crippen LogP contribution in [0.1, 0.15) is 43.6 Å². The molecule has 0 aliphatic carbocycles. The quantitative estimate of drug-likeness (QED) is 0.699. The smallest absolute Gasteiger partial charge is 0.292 e. The van der Waals surface area contributed by atoms with Crippen molar-refractivity contribution in [3.05, 3.63) is 82.5 Å². The highest BCUT2D eigenvalue weighted by molar-refractivity contribution is 5.95. The van der Waals surface area contributed by atoms with Crippen LogP contribution in [0.2, 0.25) is 0 Å². The molecule has 0 aliphatic heterocycles. The SMILES string of the molecule is CNC(=O)c1noc(CNC(=O)c2ccccc2Cc2ccc(C)cc2)n1. The molecule has 0 spiro atoms. The van der Waals surface area contributed by atoms with E-state index in [1.807, 2.05) is 25.1 Å². The van der Waals surface area contributed by atoms with E-state index >= 15 is 0 Å². The lowest BCUT2D eigenvalue weighted by Crippen LogP contribution is -2.24. The monoisotopic (exact) mass is 364 g/mol. The van der Waals surface area contributed by atoms with Crippen molar-refractivity contribution in [2.75, 3.05) is 7.05 Å². The first-order chi connectivity index (χ1) is 13.1. The zero-order valence-corrected chi connectivity index (χ0v) is 15.2. The molecule has 138 valence electrons. The predicted octanol–water partition coefficient (Wildman–Crippen LogP) is 2.26. The van der Waals surface area contributed by atoms with Gasteiger partial charge >= 0.3 is 0 Å². The molecule has 0 radical (unpaired) electrons. The summed E-state index contributed by atoms with van der Waals surface area (Å²) < 4.78 is 4.97. The minimum absolute atomic E-state index is 0.0433. The molecule has 3 rings (SSSR count). The molecule has 1 aromatic heterocycles. The summed E-state index contributed by atoms with van der Waals surface area (Å²) in [5, 5.41) is 8.73. The summed E-state index contributed by atoms with van der Waals surface area (Å²) in [7, 11) is 1.48. The molecule has 3 aromatic rings. The molecule has 7 nitrogen and oxygen atoms in total. The Bertz CT molecular complexity index is 948. The molecule has 27 heavy (non-hydrogen) atoms. The zero-order chi connectivity index (χ0) is 19.2. The van der Waals surface area contributed by atoms with Gasteiger partial charge in [-0.1, -0.05) is 53.2 Å². The number of nitrogens with one attached hydrogen (secondary N) is 2. The van der Waals surface area contributed by atoms with Crippen LogP contribution in [-0.2, 0) is 13.0 Å². The van der Waals surface area contributed by atoms with Crippen LogP contribution in [0.4, 0.5) is 0 Å². The topological polar surface area (TPSA) is 97.1 Å². The Hall–Kier alpha value is -3.48. The Morgan fingerprint density at radius 3 is 2.52 bits per heavy atom. The molecular formula is C20H20N4O3. The maximum absolute atomic E-state index is 12.6. The summed E-state index contributed by atoms with van der Waals surface area (Å²) in [5.74, 6) is -0.586. The Labute approximate surface area is 156 Å². The van der Waals surface area contributed by atoms with Gasteiger partial charge in [-0.05, 0) is 30.5 Å². The van der Waals surface area contributed by atoms with Gasteiger partial charge in [-0.3, -0.25) is 9.59 Å². The fourth-order valence-corrected chi connectivity index (χ4v) is 2.60. The maximum atomic E-state index is 12.6. The fourth-order valence-electron chi connectivity index (χ4n) is 2.60. The first-order valence-corrected chi connectivity index (χ1v) is 8.53. The van der Waals surface area contributed by atoms with Crippen LogP contribution in [0.5, 0.6) is 0 Å². The van der Waals surface area contributed by atoms with Gasteiger partial charge in [-0.15, -0.1) is 0 Å². The minimum atomic E-state index is -0.445. The molecule has 0 saturated heterocycles. The number of amides is 2. The zero-order valence-electron chi connectivity index (χ0n) is 15.2. The van der Waals surface area contributed by atoms with Gasteiger partial charge in [0.15, 0.2) is 0 Å². The van der Waals surface area contributed by atoms with Gasteiger partial charge in [0.25, 0.3) is 17.6 Å². The number of carbonyl (C=O) groups excluding carboxylic acids is 2. The molecule has 2 N–H and O–H groups in total. The lowest BCUT2D eigenvalue weighted by molar-refractivity contribution is 0.0938. The molecule has 0 aliphatic rings.